The molecular formula is C21H30N2O4. The Balaban J connectivity index is 1.25. The Morgan fingerprint density at radius 2 is 1.81 bits per heavy atom. The lowest BCUT2D eigenvalue weighted by atomic mass is 9.94. The molecule has 3 fully saturated rings. The van der Waals surface area contributed by atoms with Gasteiger partial charge in [-0.3, -0.25) is 4.79 Å². The standard InChI is InChI=1S/C21H30N2O4/c1-17(24)22-11-13-23(14-12-22)18-5-7-19(8-6-18)25-15-20-16-26-21(27-20)9-3-2-4-10-21/h5-8,20H,2-4,9-16H2,1H3. The van der Waals surface area contributed by atoms with E-state index in [1.165, 1.54) is 24.9 Å². The highest BCUT2D eigenvalue weighted by Crippen LogP contribution is 2.37. The Bertz CT molecular complexity index is 634. The van der Waals surface area contributed by atoms with E-state index in [0.29, 0.717) is 13.2 Å². The van der Waals surface area contributed by atoms with Crippen molar-refractivity contribution in [3.63, 3.8) is 0 Å². The first-order valence-corrected chi connectivity index (χ1v) is 10.2. The molecule has 1 spiro atoms. The summed E-state index contributed by atoms with van der Waals surface area (Å²) in [6, 6.07) is 8.21. The van der Waals surface area contributed by atoms with Crippen molar-refractivity contribution in [3.05, 3.63) is 24.3 Å². The summed E-state index contributed by atoms with van der Waals surface area (Å²) in [5.41, 5.74) is 1.17. The molecule has 6 nitrogen and oxygen atoms in total. The van der Waals surface area contributed by atoms with E-state index in [1.807, 2.05) is 17.0 Å². The van der Waals surface area contributed by atoms with E-state index >= 15 is 0 Å². The second-order valence-corrected chi connectivity index (χ2v) is 7.82. The van der Waals surface area contributed by atoms with Crippen molar-refractivity contribution < 1.29 is 19.0 Å². The van der Waals surface area contributed by atoms with Gasteiger partial charge >= 0.3 is 0 Å². The number of anilines is 1. The number of carbonyl (C=O) groups excluding carboxylic acids is 1. The number of benzene rings is 1. The maximum atomic E-state index is 11.4. The normalized spacial score (nSPS) is 25.0. The Morgan fingerprint density at radius 1 is 1.11 bits per heavy atom. The first kappa shape index (κ1) is 18.6. The number of nitrogens with zero attached hydrogens (tertiary/aromatic N) is 2. The number of hydrogen-bond acceptors (Lipinski definition) is 5. The number of carbonyl (C=O) groups is 1. The molecule has 2 heterocycles. The van der Waals surface area contributed by atoms with Crippen LogP contribution in [0.3, 0.4) is 0 Å². The predicted octanol–water partition coefficient (Wildman–Crippen LogP) is 2.81. The molecule has 1 aliphatic carbocycles. The van der Waals surface area contributed by atoms with Crippen LogP contribution in [0.15, 0.2) is 24.3 Å². The highest BCUT2D eigenvalue weighted by molar-refractivity contribution is 5.73. The van der Waals surface area contributed by atoms with Crippen LogP contribution in [0, 0.1) is 0 Å². The number of piperazine rings is 1. The monoisotopic (exact) mass is 374 g/mol. The van der Waals surface area contributed by atoms with Gasteiger partial charge in [0, 0.05) is 51.6 Å². The average Bonchev–Trinajstić information content (AvgIpc) is 3.09. The van der Waals surface area contributed by atoms with E-state index in [0.717, 1.165) is 44.8 Å². The van der Waals surface area contributed by atoms with Gasteiger partial charge in [-0.1, -0.05) is 6.42 Å². The van der Waals surface area contributed by atoms with Crippen molar-refractivity contribution in [2.45, 2.75) is 50.9 Å². The van der Waals surface area contributed by atoms with Crippen molar-refractivity contribution in [1.82, 2.24) is 4.90 Å². The highest BCUT2D eigenvalue weighted by atomic mass is 16.7. The maximum Gasteiger partial charge on any atom is 0.219 e. The molecule has 0 N–H and O–H groups in total. The second kappa shape index (κ2) is 8.07. The fourth-order valence-corrected chi connectivity index (χ4v) is 4.27. The zero-order valence-electron chi connectivity index (χ0n) is 16.2. The average molecular weight is 374 g/mol. The lowest BCUT2D eigenvalue weighted by molar-refractivity contribution is -0.189. The lowest BCUT2D eigenvalue weighted by Crippen LogP contribution is -2.48. The molecule has 0 bridgehead atoms. The van der Waals surface area contributed by atoms with Crippen molar-refractivity contribution in [2.75, 3.05) is 44.3 Å². The Kier molecular flexibility index (Phi) is 5.55. The summed E-state index contributed by atoms with van der Waals surface area (Å²) in [5, 5.41) is 0. The summed E-state index contributed by atoms with van der Waals surface area (Å²) in [6.07, 6.45) is 5.70. The molecule has 6 heteroatoms. The van der Waals surface area contributed by atoms with Crippen molar-refractivity contribution in [2.24, 2.45) is 0 Å². The van der Waals surface area contributed by atoms with Gasteiger partial charge in [0.25, 0.3) is 0 Å². The van der Waals surface area contributed by atoms with Crippen LogP contribution in [0.1, 0.15) is 39.0 Å². The number of amides is 1. The number of hydrogen-bond donors (Lipinski definition) is 0. The first-order valence-electron chi connectivity index (χ1n) is 10.2. The van der Waals surface area contributed by atoms with Gasteiger partial charge in [0.05, 0.1) is 6.61 Å². The second-order valence-electron chi connectivity index (χ2n) is 7.82. The highest BCUT2D eigenvalue weighted by Gasteiger charge is 2.42. The molecule has 27 heavy (non-hydrogen) atoms. The molecule has 1 aromatic rings. The lowest BCUT2D eigenvalue weighted by Gasteiger charge is -2.35. The zero-order valence-corrected chi connectivity index (χ0v) is 16.2. The summed E-state index contributed by atoms with van der Waals surface area (Å²) < 4.78 is 18.1. The largest absolute Gasteiger partial charge is 0.491 e. The molecule has 0 aromatic heterocycles. The third kappa shape index (κ3) is 4.38. The molecule has 1 aromatic carbocycles. The number of ether oxygens (including phenoxy) is 3. The summed E-state index contributed by atoms with van der Waals surface area (Å²) in [4.78, 5) is 15.6. The van der Waals surface area contributed by atoms with Crippen molar-refractivity contribution in [1.29, 1.82) is 0 Å². The summed E-state index contributed by atoms with van der Waals surface area (Å²) in [7, 11) is 0. The first-order chi connectivity index (χ1) is 13.1. The molecule has 1 saturated carbocycles. The van der Waals surface area contributed by atoms with Crippen LogP contribution in [0.2, 0.25) is 0 Å². The van der Waals surface area contributed by atoms with Crippen LogP contribution < -0.4 is 9.64 Å². The summed E-state index contributed by atoms with van der Waals surface area (Å²) in [5.74, 6) is 0.679. The van der Waals surface area contributed by atoms with Crippen LogP contribution in [-0.2, 0) is 14.3 Å². The van der Waals surface area contributed by atoms with E-state index in [1.54, 1.807) is 6.92 Å². The van der Waals surface area contributed by atoms with Crippen LogP contribution in [0.5, 0.6) is 5.75 Å². The van der Waals surface area contributed by atoms with E-state index in [2.05, 4.69) is 17.0 Å². The van der Waals surface area contributed by atoms with Gasteiger partial charge in [0.15, 0.2) is 5.79 Å². The van der Waals surface area contributed by atoms with Gasteiger partial charge in [-0.2, -0.15) is 0 Å². The third-order valence-corrected chi connectivity index (χ3v) is 5.89. The minimum absolute atomic E-state index is 0.0161. The maximum absolute atomic E-state index is 11.4. The smallest absolute Gasteiger partial charge is 0.219 e. The summed E-state index contributed by atoms with van der Waals surface area (Å²) >= 11 is 0. The van der Waals surface area contributed by atoms with E-state index < -0.39 is 0 Å². The van der Waals surface area contributed by atoms with Crippen molar-refractivity contribution >= 4 is 11.6 Å². The Hall–Kier alpha value is -1.79. The van der Waals surface area contributed by atoms with Crippen molar-refractivity contribution in [3.8, 4) is 5.75 Å². The van der Waals surface area contributed by atoms with Crippen LogP contribution in [0.25, 0.3) is 0 Å². The van der Waals surface area contributed by atoms with Gasteiger partial charge in [0.2, 0.25) is 5.91 Å². The van der Waals surface area contributed by atoms with Gasteiger partial charge in [-0.15, -0.1) is 0 Å². The Morgan fingerprint density at radius 3 is 2.48 bits per heavy atom. The topological polar surface area (TPSA) is 51.2 Å². The molecule has 2 saturated heterocycles. The number of rotatable bonds is 4. The minimum Gasteiger partial charge on any atom is -0.491 e. The third-order valence-electron chi connectivity index (χ3n) is 5.89. The Labute approximate surface area is 161 Å². The van der Waals surface area contributed by atoms with Gasteiger partial charge in [-0.05, 0) is 37.1 Å². The van der Waals surface area contributed by atoms with Gasteiger partial charge in [-0.25, -0.2) is 0 Å². The van der Waals surface area contributed by atoms with Gasteiger partial charge in [0.1, 0.15) is 18.5 Å². The van der Waals surface area contributed by atoms with Crippen LogP contribution in [-0.4, -0.2) is 62.1 Å². The van der Waals surface area contributed by atoms with Crippen LogP contribution >= 0.6 is 0 Å². The van der Waals surface area contributed by atoms with E-state index in [4.69, 9.17) is 14.2 Å². The molecule has 3 aliphatic rings. The van der Waals surface area contributed by atoms with Crippen LogP contribution in [0.4, 0.5) is 5.69 Å². The molecule has 2 aliphatic heterocycles. The SMILES string of the molecule is CC(=O)N1CCN(c2ccc(OCC3COC4(CCCCC4)O3)cc2)CC1. The van der Waals surface area contributed by atoms with Gasteiger partial charge < -0.3 is 24.0 Å². The summed E-state index contributed by atoms with van der Waals surface area (Å²) in [6.45, 7) is 6.10. The predicted molar refractivity (Wildman–Crippen MR) is 103 cm³/mol. The fraction of sp³-hybridized carbons (Fsp3) is 0.667. The quantitative estimate of drug-likeness (QED) is 0.811. The molecule has 4 rings (SSSR count). The molecule has 0 radical (unpaired) electrons. The van der Waals surface area contributed by atoms with E-state index in [-0.39, 0.29) is 17.8 Å². The molecule has 1 unspecified atom stereocenters. The minimum atomic E-state index is -0.335. The van der Waals surface area contributed by atoms with E-state index in [9.17, 15) is 4.79 Å². The molecular weight excluding hydrogens is 344 g/mol. The molecule has 148 valence electrons. The fourth-order valence-electron chi connectivity index (χ4n) is 4.27. The molecule has 1 amide bonds. The zero-order chi connectivity index (χ0) is 18.7. The molecule has 1 atom stereocenters.